The van der Waals surface area contributed by atoms with Crippen LogP contribution in [0.5, 0.6) is 0 Å². The van der Waals surface area contributed by atoms with E-state index in [1.54, 1.807) is 6.07 Å². The van der Waals surface area contributed by atoms with Gasteiger partial charge in [-0.3, -0.25) is 4.72 Å². The van der Waals surface area contributed by atoms with Crippen LogP contribution in [0.25, 0.3) is 0 Å². The molecular weight excluding hydrogens is 332 g/mol. The molecule has 0 saturated carbocycles. The Bertz CT molecular complexity index is 628. The van der Waals surface area contributed by atoms with Crippen LogP contribution < -0.4 is 4.72 Å². The van der Waals surface area contributed by atoms with Gasteiger partial charge in [-0.2, -0.15) is 0 Å². The zero-order chi connectivity index (χ0) is 12.5. The highest BCUT2D eigenvalue weighted by atomic mass is 79.9. The van der Waals surface area contributed by atoms with Crippen LogP contribution in [0.3, 0.4) is 0 Å². The highest BCUT2D eigenvalue weighted by Crippen LogP contribution is 2.26. The number of hydrogen-bond acceptors (Lipinski definition) is 4. The maximum atomic E-state index is 11.9. The summed E-state index contributed by atoms with van der Waals surface area (Å²) in [6.07, 6.45) is 1.27. The first kappa shape index (κ1) is 12.4. The van der Waals surface area contributed by atoms with E-state index in [9.17, 15) is 8.42 Å². The van der Waals surface area contributed by atoms with Crippen molar-refractivity contribution in [3.63, 3.8) is 0 Å². The van der Waals surface area contributed by atoms with Crippen LogP contribution in [0.2, 0.25) is 5.02 Å². The summed E-state index contributed by atoms with van der Waals surface area (Å²) in [5, 5.41) is 3.77. The second-order valence-corrected chi connectivity index (χ2v) is 6.01. The predicted molar refractivity (Wildman–Crippen MR) is 66.5 cm³/mol. The predicted octanol–water partition coefficient (Wildman–Crippen LogP) is 2.89. The molecule has 0 aliphatic carbocycles. The van der Waals surface area contributed by atoms with Crippen molar-refractivity contribution in [3.05, 3.63) is 40.0 Å². The number of nitrogens with one attached hydrogen (secondary N) is 1. The second kappa shape index (κ2) is 4.67. The molecule has 0 saturated heterocycles. The number of anilines is 1. The first-order valence-corrected chi connectivity index (χ1v) is 7.03. The van der Waals surface area contributed by atoms with Gasteiger partial charge in [-0.05, 0) is 34.1 Å². The number of rotatable bonds is 3. The highest BCUT2D eigenvalue weighted by Gasteiger charge is 2.16. The molecule has 90 valence electrons. The van der Waals surface area contributed by atoms with Gasteiger partial charge in [0.05, 0.1) is 9.92 Å². The molecule has 1 N–H and O–H groups in total. The molecule has 2 rings (SSSR count). The molecule has 17 heavy (non-hydrogen) atoms. The molecule has 0 atom stereocenters. The van der Waals surface area contributed by atoms with Crippen LogP contribution in [-0.2, 0) is 10.0 Å². The van der Waals surface area contributed by atoms with Gasteiger partial charge in [0.2, 0.25) is 0 Å². The molecule has 0 amide bonds. The molecule has 0 aliphatic heterocycles. The van der Waals surface area contributed by atoms with Crippen molar-refractivity contribution >= 4 is 43.4 Å². The van der Waals surface area contributed by atoms with Gasteiger partial charge in [0.25, 0.3) is 10.0 Å². The molecule has 0 spiro atoms. The van der Waals surface area contributed by atoms with Gasteiger partial charge >= 0.3 is 0 Å². The van der Waals surface area contributed by atoms with E-state index in [1.807, 2.05) is 0 Å². The van der Waals surface area contributed by atoms with Crippen LogP contribution in [0, 0.1) is 0 Å². The van der Waals surface area contributed by atoms with Gasteiger partial charge in [0.15, 0.2) is 5.82 Å². The summed E-state index contributed by atoms with van der Waals surface area (Å²) in [7, 11) is -3.70. The Labute approximate surface area is 111 Å². The second-order valence-electron chi connectivity index (χ2n) is 3.07. The Balaban J connectivity index is 2.35. The smallest absolute Gasteiger partial charge is 0.263 e. The molecule has 0 unspecified atom stereocenters. The quantitative estimate of drug-likeness (QED) is 0.934. The maximum Gasteiger partial charge on any atom is 0.263 e. The molecule has 1 heterocycles. The minimum Gasteiger partial charge on any atom is -0.363 e. The van der Waals surface area contributed by atoms with E-state index in [-0.39, 0.29) is 10.7 Å². The Hall–Kier alpha value is -1.05. The molecule has 0 bridgehead atoms. The number of halogens is 2. The minimum absolute atomic E-state index is 0.0497. The lowest BCUT2D eigenvalue weighted by Crippen LogP contribution is -2.13. The third kappa shape index (κ3) is 2.80. The molecule has 0 fully saturated rings. The monoisotopic (exact) mass is 336 g/mol. The topological polar surface area (TPSA) is 72.2 Å². The zero-order valence-corrected chi connectivity index (χ0v) is 11.4. The summed E-state index contributed by atoms with van der Waals surface area (Å²) < 4.78 is 31.2. The Morgan fingerprint density at radius 1 is 1.35 bits per heavy atom. The third-order valence-electron chi connectivity index (χ3n) is 1.88. The fraction of sp³-hybridized carbons (Fsp3) is 0. The Kier molecular flexibility index (Phi) is 3.41. The summed E-state index contributed by atoms with van der Waals surface area (Å²) in [5.74, 6) is 0.115. The van der Waals surface area contributed by atoms with Gasteiger partial charge < -0.3 is 4.52 Å². The standard InChI is InChI=1S/C9H6BrClN2O3S/c10-7-2-1-6(5-8(7)11)17(14,15)13-9-3-4-16-12-9/h1-5H,(H,12,13). The van der Waals surface area contributed by atoms with Crippen LogP contribution in [-0.4, -0.2) is 13.6 Å². The lowest BCUT2D eigenvalue weighted by molar-refractivity contribution is 0.423. The average molecular weight is 338 g/mol. The first-order valence-electron chi connectivity index (χ1n) is 4.37. The lowest BCUT2D eigenvalue weighted by atomic mass is 10.4. The average Bonchev–Trinajstić information content (AvgIpc) is 2.73. The molecule has 5 nitrogen and oxygen atoms in total. The van der Waals surface area contributed by atoms with E-state index in [0.717, 1.165) is 0 Å². The zero-order valence-electron chi connectivity index (χ0n) is 8.22. The Morgan fingerprint density at radius 2 is 2.12 bits per heavy atom. The van der Waals surface area contributed by atoms with E-state index < -0.39 is 10.0 Å². The number of nitrogens with zero attached hydrogens (tertiary/aromatic N) is 1. The summed E-state index contributed by atoms with van der Waals surface area (Å²) >= 11 is 9.01. The van der Waals surface area contributed by atoms with Gasteiger partial charge in [-0.15, -0.1) is 0 Å². The molecule has 1 aromatic heterocycles. The van der Waals surface area contributed by atoms with Gasteiger partial charge in [-0.1, -0.05) is 16.8 Å². The van der Waals surface area contributed by atoms with E-state index in [0.29, 0.717) is 9.50 Å². The molecule has 0 aliphatic rings. The van der Waals surface area contributed by atoms with Crippen molar-refractivity contribution in [1.82, 2.24) is 5.16 Å². The number of hydrogen-bond donors (Lipinski definition) is 1. The summed E-state index contributed by atoms with van der Waals surface area (Å²) in [6, 6.07) is 5.73. The summed E-state index contributed by atoms with van der Waals surface area (Å²) in [5.41, 5.74) is 0. The van der Waals surface area contributed by atoms with E-state index >= 15 is 0 Å². The van der Waals surface area contributed by atoms with Crippen molar-refractivity contribution in [2.24, 2.45) is 0 Å². The van der Waals surface area contributed by atoms with Crippen molar-refractivity contribution in [2.45, 2.75) is 4.90 Å². The van der Waals surface area contributed by atoms with E-state index in [4.69, 9.17) is 11.6 Å². The minimum atomic E-state index is -3.70. The fourth-order valence-electron chi connectivity index (χ4n) is 1.11. The highest BCUT2D eigenvalue weighted by molar-refractivity contribution is 9.10. The molecule has 8 heteroatoms. The molecular formula is C9H6BrClN2O3S. The summed E-state index contributed by atoms with van der Waals surface area (Å²) in [6.45, 7) is 0. The van der Waals surface area contributed by atoms with Crippen LogP contribution in [0.15, 0.2) is 44.4 Å². The van der Waals surface area contributed by atoms with Gasteiger partial charge in [-0.25, -0.2) is 8.42 Å². The summed E-state index contributed by atoms with van der Waals surface area (Å²) in [4.78, 5) is 0.0497. The van der Waals surface area contributed by atoms with Crippen LogP contribution in [0.4, 0.5) is 5.82 Å². The van der Waals surface area contributed by atoms with Crippen molar-refractivity contribution in [2.75, 3.05) is 4.72 Å². The van der Waals surface area contributed by atoms with Crippen LogP contribution >= 0.6 is 27.5 Å². The Morgan fingerprint density at radius 3 is 2.71 bits per heavy atom. The van der Waals surface area contributed by atoms with Crippen LogP contribution in [0.1, 0.15) is 0 Å². The largest absolute Gasteiger partial charge is 0.363 e. The van der Waals surface area contributed by atoms with Crippen molar-refractivity contribution in [3.8, 4) is 0 Å². The first-order chi connectivity index (χ1) is 7.99. The van der Waals surface area contributed by atoms with E-state index in [1.165, 1.54) is 24.5 Å². The maximum absolute atomic E-state index is 11.9. The third-order valence-corrected chi connectivity index (χ3v) is 4.46. The number of sulfonamides is 1. The molecule has 2 aromatic rings. The van der Waals surface area contributed by atoms with Crippen molar-refractivity contribution < 1.29 is 12.9 Å². The molecule has 0 radical (unpaired) electrons. The van der Waals surface area contributed by atoms with Gasteiger partial charge in [0.1, 0.15) is 6.26 Å². The normalized spacial score (nSPS) is 11.4. The number of aromatic nitrogens is 1. The molecule has 1 aromatic carbocycles. The number of benzene rings is 1. The lowest BCUT2D eigenvalue weighted by Gasteiger charge is -2.05. The van der Waals surface area contributed by atoms with Crippen molar-refractivity contribution in [1.29, 1.82) is 0 Å². The SMILES string of the molecule is O=S(=O)(Nc1ccon1)c1ccc(Br)c(Cl)c1. The van der Waals surface area contributed by atoms with E-state index in [2.05, 4.69) is 30.3 Å². The van der Waals surface area contributed by atoms with Gasteiger partial charge in [0, 0.05) is 10.5 Å². The fourth-order valence-corrected chi connectivity index (χ4v) is 2.62.